The van der Waals surface area contributed by atoms with Crippen molar-refractivity contribution in [2.24, 2.45) is 0 Å². The molecule has 3 nitrogen and oxygen atoms in total. The zero-order valence-electron chi connectivity index (χ0n) is 14.1. The molecule has 0 fully saturated rings. The lowest BCUT2D eigenvalue weighted by molar-refractivity contribution is 0.370. The Morgan fingerprint density at radius 2 is 0.818 bits per heavy atom. The monoisotopic (exact) mass is 354 g/mol. The van der Waals surface area contributed by atoms with Gasteiger partial charge in [-0.25, -0.2) is 0 Å². The van der Waals surface area contributed by atoms with E-state index in [1.165, 1.54) is 77.0 Å². The topological polar surface area (TPSA) is 57.5 Å². The number of halogens is 1. The summed E-state index contributed by atoms with van der Waals surface area (Å²) in [5.41, 5.74) is 0. The number of unbranched alkanes of at least 4 members (excludes halogenated alkanes) is 14. The first-order valence-electron chi connectivity index (χ1n) is 9.17. The third-order valence-corrected chi connectivity index (χ3v) is 5.25. The molecule has 0 aliphatic heterocycles. The first-order valence-corrected chi connectivity index (χ1v) is 11.5. The van der Waals surface area contributed by atoms with Gasteiger partial charge in [-0.2, -0.15) is 0 Å². The van der Waals surface area contributed by atoms with Crippen molar-refractivity contribution in [3.05, 3.63) is 0 Å². The molecule has 0 bridgehead atoms. The predicted molar refractivity (Wildman–Crippen MR) is 96.9 cm³/mol. The van der Waals surface area contributed by atoms with Gasteiger partial charge in [-0.05, 0) is 12.8 Å². The smallest absolute Gasteiger partial charge is 0.324 e. The summed E-state index contributed by atoms with van der Waals surface area (Å²) in [6, 6.07) is 0. The Morgan fingerprint density at radius 3 is 1.09 bits per heavy atom. The lowest BCUT2D eigenvalue weighted by Gasteiger charge is -2.04. The molecule has 0 aromatic carbocycles. The highest BCUT2D eigenvalue weighted by Crippen LogP contribution is 2.35. The summed E-state index contributed by atoms with van der Waals surface area (Å²) in [7, 11) is -3.76. The van der Waals surface area contributed by atoms with E-state index in [0.29, 0.717) is 6.42 Å². The van der Waals surface area contributed by atoms with Crippen LogP contribution in [0.4, 0.5) is 0 Å². The molecule has 2 N–H and O–H groups in total. The normalized spacial score (nSPS) is 12.0. The number of hydrogen-bond acceptors (Lipinski definition) is 1. The molecule has 0 aliphatic rings. The van der Waals surface area contributed by atoms with Crippen LogP contribution in [0.1, 0.15) is 96.3 Å². The van der Waals surface area contributed by atoms with Gasteiger partial charge in [0, 0.05) is 12.0 Å². The van der Waals surface area contributed by atoms with E-state index in [2.05, 4.69) is 0 Å². The molecule has 5 heteroatoms. The molecule has 0 atom stereocenters. The average Bonchev–Trinajstić information content (AvgIpc) is 2.45. The van der Waals surface area contributed by atoms with Crippen molar-refractivity contribution in [1.29, 1.82) is 0 Å². The van der Waals surface area contributed by atoms with Crippen molar-refractivity contribution in [2.75, 3.05) is 12.0 Å². The third-order valence-electron chi connectivity index (χ3n) is 4.08. The molecule has 0 heterocycles. The van der Waals surface area contributed by atoms with E-state index >= 15 is 0 Å². The molecule has 0 amide bonds. The molecule has 0 saturated carbocycles. The van der Waals surface area contributed by atoms with E-state index < -0.39 is 7.60 Å². The Balaban J connectivity index is 3.01. The molecule has 0 aromatic rings. The van der Waals surface area contributed by atoms with Crippen LogP contribution in [0.15, 0.2) is 0 Å². The van der Waals surface area contributed by atoms with E-state index in [1.54, 1.807) is 0 Å². The van der Waals surface area contributed by atoms with Crippen molar-refractivity contribution in [1.82, 2.24) is 0 Å². The van der Waals surface area contributed by atoms with E-state index in [-0.39, 0.29) is 6.16 Å². The molecular weight excluding hydrogens is 319 g/mol. The first-order chi connectivity index (χ1) is 10.6. The molecule has 22 heavy (non-hydrogen) atoms. The van der Waals surface area contributed by atoms with Gasteiger partial charge < -0.3 is 9.79 Å². The van der Waals surface area contributed by atoms with Crippen molar-refractivity contribution >= 4 is 19.2 Å². The van der Waals surface area contributed by atoms with E-state index in [9.17, 15) is 4.57 Å². The van der Waals surface area contributed by atoms with Gasteiger partial charge in [0.15, 0.2) is 0 Å². The van der Waals surface area contributed by atoms with Crippen molar-refractivity contribution in [3.8, 4) is 0 Å². The maximum absolute atomic E-state index is 10.7. The Bertz CT molecular complexity index is 269. The van der Waals surface area contributed by atoms with Crippen LogP contribution >= 0.6 is 19.2 Å². The standard InChI is InChI=1S/C17H36ClO3P/c18-16-14-12-10-8-6-4-2-1-3-5-7-9-11-13-15-17-22(19,20)21/h1-17H2,(H2,19,20,21). The summed E-state index contributed by atoms with van der Waals surface area (Å²) in [5.74, 6) is 0.809. The minimum Gasteiger partial charge on any atom is -0.324 e. The fourth-order valence-electron chi connectivity index (χ4n) is 2.71. The second-order valence-electron chi connectivity index (χ2n) is 6.38. The minimum absolute atomic E-state index is 0.0544. The van der Waals surface area contributed by atoms with E-state index in [0.717, 1.165) is 18.7 Å². The summed E-state index contributed by atoms with van der Waals surface area (Å²) >= 11 is 5.65. The van der Waals surface area contributed by atoms with Gasteiger partial charge in [0.05, 0.1) is 0 Å². The lowest BCUT2D eigenvalue weighted by Crippen LogP contribution is -1.88. The quantitative estimate of drug-likeness (QED) is 0.184. The molecule has 0 saturated heterocycles. The van der Waals surface area contributed by atoms with Crippen LogP contribution in [0.2, 0.25) is 0 Å². The number of rotatable bonds is 17. The van der Waals surface area contributed by atoms with Gasteiger partial charge in [-0.15, -0.1) is 11.6 Å². The summed E-state index contributed by atoms with van der Waals surface area (Å²) in [6.07, 6.45) is 18.6. The number of alkyl halides is 1. The predicted octanol–water partition coefficient (Wildman–Crippen LogP) is 6.25. The van der Waals surface area contributed by atoms with Crippen molar-refractivity contribution in [2.45, 2.75) is 96.3 Å². The van der Waals surface area contributed by atoms with Gasteiger partial charge in [0.1, 0.15) is 0 Å². The zero-order chi connectivity index (χ0) is 16.5. The summed E-state index contributed by atoms with van der Waals surface area (Å²) < 4.78 is 10.7. The van der Waals surface area contributed by atoms with Crippen LogP contribution in [0, 0.1) is 0 Å². The fraction of sp³-hybridized carbons (Fsp3) is 1.00. The van der Waals surface area contributed by atoms with Gasteiger partial charge in [0.25, 0.3) is 0 Å². The van der Waals surface area contributed by atoms with Crippen LogP contribution < -0.4 is 0 Å². The van der Waals surface area contributed by atoms with E-state index in [1.807, 2.05) is 0 Å². The van der Waals surface area contributed by atoms with Crippen LogP contribution in [-0.4, -0.2) is 21.8 Å². The highest BCUT2D eigenvalue weighted by Gasteiger charge is 2.10. The number of hydrogen-bond donors (Lipinski definition) is 2. The fourth-order valence-corrected chi connectivity index (χ4v) is 3.53. The molecule has 0 aliphatic carbocycles. The van der Waals surface area contributed by atoms with Crippen molar-refractivity contribution < 1.29 is 14.4 Å². The molecule has 0 spiro atoms. The van der Waals surface area contributed by atoms with E-state index in [4.69, 9.17) is 21.4 Å². The molecule has 134 valence electrons. The highest BCUT2D eigenvalue weighted by atomic mass is 35.5. The lowest BCUT2D eigenvalue weighted by atomic mass is 10.0. The van der Waals surface area contributed by atoms with Crippen LogP contribution in [0.5, 0.6) is 0 Å². The maximum Gasteiger partial charge on any atom is 0.325 e. The second kappa shape index (κ2) is 16.3. The maximum atomic E-state index is 10.7. The third kappa shape index (κ3) is 20.4. The SMILES string of the molecule is O=P(O)(O)CCCCCCCCCCCCCCCCCCl. The zero-order valence-corrected chi connectivity index (χ0v) is 15.8. The molecular formula is C17H36ClO3P. The second-order valence-corrected chi connectivity index (χ2v) is 8.54. The summed E-state index contributed by atoms with van der Waals surface area (Å²) in [5, 5.41) is 0. The largest absolute Gasteiger partial charge is 0.325 e. The highest BCUT2D eigenvalue weighted by molar-refractivity contribution is 7.51. The van der Waals surface area contributed by atoms with Crippen LogP contribution in [0.25, 0.3) is 0 Å². The Morgan fingerprint density at radius 1 is 0.545 bits per heavy atom. The Labute approximate surface area is 142 Å². The van der Waals surface area contributed by atoms with Gasteiger partial charge in [0.2, 0.25) is 0 Å². The Hall–Kier alpha value is 0.440. The molecule has 0 unspecified atom stereocenters. The average molecular weight is 355 g/mol. The molecule has 0 rings (SSSR count). The first kappa shape index (κ1) is 22.4. The molecule has 0 aromatic heterocycles. The van der Waals surface area contributed by atoms with Crippen molar-refractivity contribution in [3.63, 3.8) is 0 Å². The van der Waals surface area contributed by atoms with Gasteiger partial charge in [-0.3, -0.25) is 4.57 Å². The molecule has 0 radical (unpaired) electrons. The van der Waals surface area contributed by atoms with Crippen LogP contribution in [-0.2, 0) is 4.57 Å². The van der Waals surface area contributed by atoms with Gasteiger partial charge >= 0.3 is 7.60 Å². The van der Waals surface area contributed by atoms with Crippen LogP contribution in [0.3, 0.4) is 0 Å². The van der Waals surface area contributed by atoms with Gasteiger partial charge in [-0.1, -0.05) is 83.5 Å². The summed E-state index contributed by atoms with van der Waals surface area (Å²) in [4.78, 5) is 17.5. The summed E-state index contributed by atoms with van der Waals surface area (Å²) in [6.45, 7) is 0. The minimum atomic E-state index is -3.76. The Kier molecular flexibility index (Phi) is 16.6.